The van der Waals surface area contributed by atoms with Crippen LogP contribution in [-0.4, -0.2) is 11.6 Å². The van der Waals surface area contributed by atoms with Crippen LogP contribution in [0.2, 0.25) is 0 Å². The fourth-order valence-corrected chi connectivity index (χ4v) is 2.39. The number of aromatic nitrogens is 1. The Morgan fingerprint density at radius 3 is 3.00 bits per heavy atom. The lowest BCUT2D eigenvalue weighted by Crippen LogP contribution is -1.95. The van der Waals surface area contributed by atoms with Crippen molar-refractivity contribution in [3.05, 3.63) is 53.9 Å². The molecule has 0 amide bonds. The Labute approximate surface area is 101 Å². The normalized spacial score (nSPS) is 15.1. The lowest BCUT2D eigenvalue weighted by Gasteiger charge is -2.11. The second-order valence-corrected chi connectivity index (χ2v) is 4.34. The molecule has 2 aromatic rings. The van der Waals surface area contributed by atoms with E-state index in [2.05, 4.69) is 29.2 Å². The van der Waals surface area contributed by atoms with Gasteiger partial charge in [-0.15, -0.1) is 0 Å². The maximum absolute atomic E-state index is 5.60. The summed E-state index contributed by atoms with van der Waals surface area (Å²) in [7, 11) is 0. The molecule has 1 aliphatic rings. The topological polar surface area (TPSA) is 22.1 Å². The van der Waals surface area contributed by atoms with E-state index in [9.17, 15) is 0 Å². The molecule has 3 rings (SSSR count). The van der Waals surface area contributed by atoms with Crippen LogP contribution in [0.5, 0.6) is 0 Å². The molecule has 0 atom stereocenters. The zero-order valence-electron chi connectivity index (χ0n) is 9.73. The predicted octanol–water partition coefficient (Wildman–Crippen LogP) is 3.21. The number of benzene rings is 1. The first-order chi connectivity index (χ1) is 8.45. The van der Waals surface area contributed by atoms with E-state index in [1.807, 2.05) is 18.5 Å². The molecular formula is C15H15NO. The molecule has 0 spiro atoms. The highest BCUT2D eigenvalue weighted by molar-refractivity contribution is 5.68. The van der Waals surface area contributed by atoms with Crippen LogP contribution in [0.25, 0.3) is 11.1 Å². The molecule has 0 aliphatic carbocycles. The Morgan fingerprint density at radius 1 is 1.12 bits per heavy atom. The van der Waals surface area contributed by atoms with Gasteiger partial charge in [-0.3, -0.25) is 4.98 Å². The van der Waals surface area contributed by atoms with Crippen LogP contribution < -0.4 is 0 Å². The third-order valence-corrected chi connectivity index (χ3v) is 3.22. The van der Waals surface area contributed by atoms with Gasteiger partial charge in [0.2, 0.25) is 0 Å². The summed E-state index contributed by atoms with van der Waals surface area (Å²) in [6.07, 6.45) is 5.94. The summed E-state index contributed by atoms with van der Waals surface area (Å²) in [5.41, 5.74) is 5.26. The number of ether oxygens (including phenoxy) is 1. The Kier molecular flexibility index (Phi) is 2.88. The molecule has 1 aliphatic heterocycles. The van der Waals surface area contributed by atoms with Crippen LogP contribution >= 0.6 is 0 Å². The van der Waals surface area contributed by atoms with Crippen molar-refractivity contribution in [2.45, 2.75) is 19.4 Å². The predicted molar refractivity (Wildman–Crippen MR) is 67.7 cm³/mol. The SMILES string of the molecule is c1cncc(-c2cccc3c2CCCOC3)c1. The van der Waals surface area contributed by atoms with Gasteiger partial charge in [-0.05, 0) is 35.6 Å². The zero-order valence-corrected chi connectivity index (χ0v) is 9.73. The highest BCUT2D eigenvalue weighted by Gasteiger charge is 2.12. The van der Waals surface area contributed by atoms with Crippen LogP contribution in [-0.2, 0) is 17.8 Å². The molecule has 0 saturated carbocycles. The van der Waals surface area contributed by atoms with E-state index in [1.165, 1.54) is 22.3 Å². The van der Waals surface area contributed by atoms with Crippen LogP contribution in [0.4, 0.5) is 0 Å². The molecule has 2 nitrogen and oxygen atoms in total. The minimum absolute atomic E-state index is 0.740. The van der Waals surface area contributed by atoms with Crippen molar-refractivity contribution in [2.24, 2.45) is 0 Å². The van der Waals surface area contributed by atoms with Gasteiger partial charge in [0.1, 0.15) is 0 Å². The summed E-state index contributed by atoms with van der Waals surface area (Å²) in [6, 6.07) is 10.6. The first kappa shape index (κ1) is 10.5. The summed E-state index contributed by atoms with van der Waals surface area (Å²) >= 11 is 0. The minimum Gasteiger partial charge on any atom is -0.377 e. The number of fused-ring (bicyclic) bond motifs is 1. The van der Waals surface area contributed by atoms with Crippen molar-refractivity contribution in [2.75, 3.05) is 6.61 Å². The molecule has 0 fully saturated rings. The molecule has 1 aromatic heterocycles. The quantitative estimate of drug-likeness (QED) is 0.743. The third kappa shape index (κ3) is 2.08. The van der Waals surface area contributed by atoms with E-state index in [0.29, 0.717) is 0 Å². The van der Waals surface area contributed by atoms with E-state index >= 15 is 0 Å². The van der Waals surface area contributed by atoms with Gasteiger partial charge in [-0.25, -0.2) is 0 Å². The van der Waals surface area contributed by atoms with Gasteiger partial charge in [0.15, 0.2) is 0 Å². The van der Waals surface area contributed by atoms with Crippen LogP contribution in [0.1, 0.15) is 17.5 Å². The maximum atomic E-state index is 5.60. The summed E-state index contributed by atoms with van der Waals surface area (Å²) in [4.78, 5) is 4.20. The molecule has 0 bridgehead atoms. The van der Waals surface area contributed by atoms with Crippen LogP contribution in [0, 0.1) is 0 Å². The monoisotopic (exact) mass is 225 g/mol. The number of hydrogen-bond donors (Lipinski definition) is 0. The standard InChI is InChI=1S/C15H15NO/c1-4-13-11-17-9-3-7-15(13)14(6-1)12-5-2-8-16-10-12/h1-2,4-6,8,10H,3,7,9,11H2. The van der Waals surface area contributed by atoms with Crippen molar-refractivity contribution in [3.63, 3.8) is 0 Å². The first-order valence-corrected chi connectivity index (χ1v) is 6.04. The fraction of sp³-hybridized carbons (Fsp3) is 0.267. The van der Waals surface area contributed by atoms with Crippen molar-refractivity contribution in [1.82, 2.24) is 4.98 Å². The summed E-state index contributed by atoms with van der Waals surface area (Å²) in [6.45, 7) is 1.60. The fourth-order valence-electron chi connectivity index (χ4n) is 2.39. The molecule has 17 heavy (non-hydrogen) atoms. The average Bonchev–Trinajstić information content (AvgIpc) is 2.64. The van der Waals surface area contributed by atoms with Crippen molar-refractivity contribution in [3.8, 4) is 11.1 Å². The molecule has 0 N–H and O–H groups in total. The summed E-state index contributed by atoms with van der Waals surface area (Å²) < 4.78 is 5.60. The highest BCUT2D eigenvalue weighted by Crippen LogP contribution is 2.28. The molecule has 2 heterocycles. The van der Waals surface area contributed by atoms with Crippen LogP contribution in [0.3, 0.4) is 0 Å². The summed E-state index contributed by atoms with van der Waals surface area (Å²) in [5, 5.41) is 0. The van der Waals surface area contributed by atoms with E-state index in [1.54, 1.807) is 0 Å². The lowest BCUT2D eigenvalue weighted by atomic mass is 9.94. The average molecular weight is 225 g/mol. The Hall–Kier alpha value is -1.67. The van der Waals surface area contributed by atoms with Gasteiger partial charge in [-0.2, -0.15) is 0 Å². The Bertz CT molecular complexity index is 508. The van der Waals surface area contributed by atoms with Crippen molar-refractivity contribution in [1.29, 1.82) is 0 Å². The Balaban J connectivity index is 2.11. The van der Waals surface area contributed by atoms with Crippen molar-refractivity contribution >= 4 is 0 Å². The number of pyridine rings is 1. The largest absolute Gasteiger partial charge is 0.377 e. The van der Waals surface area contributed by atoms with E-state index in [4.69, 9.17) is 4.74 Å². The number of hydrogen-bond acceptors (Lipinski definition) is 2. The lowest BCUT2D eigenvalue weighted by molar-refractivity contribution is 0.125. The molecule has 86 valence electrons. The minimum atomic E-state index is 0.740. The number of nitrogens with zero attached hydrogens (tertiary/aromatic N) is 1. The number of rotatable bonds is 1. The zero-order chi connectivity index (χ0) is 11.5. The van der Waals surface area contributed by atoms with Crippen molar-refractivity contribution < 1.29 is 4.74 Å². The highest BCUT2D eigenvalue weighted by atomic mass is 16.5. The van der Waals surface area contributed by atoms with Crippen LogP contribution in [0.15, 0.2) is 42.7 Å². The molecule has 0 saturated heterocycles. The maximum Gasteiger partial charge on any atom is 0.0719 e. The van der Waals surface area contributed by atoms with E-state index in [0.717, 1.165) is 26.1 Å². The van der Waals surface area contributed by atoms with Gasteiger partial charge in [0.05, 0.1) is 6.61 Å². The van der Waals surface area contributed by atoms with Gasteiger partial charge in [0, 0.05) is 24.6 Å². The second kappa shape index (κ2) is 4.68. The molecule has 0 radical (unpaired) electrons. The molecule has 1 aromatic carbocycles. The van der Waals surface area contributed by atoms with Gasteiger partial charge in [-0.1, -0.05) is 24.3 Å². The molecular weight excluding hydrogens is 210 g/mol. The van der Waals surface area contributed by atoms with Gasteiger partial charge < -0.3 is 4.74 Å². The van der Waals surface area contributed by atoms with Gasteiger partial charge >= 0.3 is 0 Å². The van der Waals surface area contributed by atoms with E-state index < -0.39 is 0 Å². The smallest absolute Gasteiger partial charge is 0.0719 e. The molecule has 2 heteroatoms. The first-order valence-electron chi connectivity index (χ1n) is 6.04. The Morgan fingerprint density at radius 2 is 2.12 bits per heavy atom. The molecule has 0 unspecified atom stereocenters. The van der Waals surface area contributed by atoms with E-state index in [-0.39, 0.29) is 0 Å². The summed E-state index contributed by atoms with van der Waals surface area (Å²) in [5.74, 6) is 0. The van der Waals surface area contributed by atoms with Gasteiger partial charge in [0.25, 0.3) is 0 Å². The second-order valence-electron chi connectivity index (χ2n) is 4.34. The third-order valence-electron chi connectivity index (χ3n) is 3.22.